The number of rotatable bonds is 5. The lowest BCUT2D eigenvalue weighted by atomic mass is 10.0. The van der Waals surface area contributed by atoms with E-state index in [2.05, 4.69) is 10.3 Å². The SMILES string of the molecule is CCn1cc(C(=N/C)/C(C)=C(\C)N)cc(C(=C=O)NC)c1=O. The molecule has 1 aromatic rings. The second-order valence-corrected chi connectivity index (χ2v) is 4.84. The zero-order chi connectivity index (χ0) is 16.9. The molecular formula is C16H22N4O2. The third-order valence-electron chi connectivity index (χ3n) is 3.49. The van der Waals surface area contributed by atoms with Gasteiger partial charge in [0.2, 0.25) is 0 Å². The van der Waals surface area contributed by atoms with Gasteiger partial charge in [0.05, 0.1) is 11.3 Å². The van der Waals surface area contributed by atoms with E-state index in [9.17, 15) is 9.59 Å². The van der Waals surface area contributed by atoms with E-state index in [0.29, 0.717) is 18.0 Å². The van der Waals surface area contributed by atoms with Crippen molar-refractivity contribution in [3.8, 4) is 0 Å². The van der Waals surface area contributed by atoms with Crippen molar-refractivity contribution in [2.75, 3.05) is 14.1 Å². The molecule has 1 aromatic heterocycles. The van der Waals surface area contributed by atoms with Crippen LogP contribution in [0.15, 0.2) is 33.3 Å². The summed E-state index contributed by atoms with van der Waals surface area (Å²) in [6, 6.07) is 1.64. The number of hydrogen-bond acceptors (Lipinski definition) is 5. The van der Waals surface area contributed by atoms with Gasteiger partial charge in [0.25, 0.3) is 5.56 Å². The van der Waals surface area contributed by atoms with Gasteiger partial charge in [-0.15, -0.1) is 0 Å². The minimum atomic E-state index is -0.250. The summed E-state index contributed by atoms with van der Waals surface area (Å²) in [6.07, 6.45) is 1.72. The average molecular weight is 302 g/mol. The Kier molecular flexibility index (Phi) is 5.90. The molecule has 6 heteroatoms. The minimum absolute atomic E-state index is 0.121. The summed E-state index contributed by atoms with van der Waals surface area (Å²) in [6.45, 7) is 6.00. The third kappa shape index (κ3) is 3.35. The zero-order valence-corrected chi connectivity index (χ0v) is 13.7. The maximum atomic E-state index is 12.4. The van der Waals surface area contributed by atoms with E-state index in [1.54, 1.807) is 39.2 Å². The molecule has 1 heterocycles. The molecule has 0 bridgehead atoms. The van der Waals surface area contributed by atoms with Crippen LogP contribution in [0.4, 0.5) is 0 Å². The second kappa shape index (κ2) is 7.43. The molecule has 118 valence electrons. The van der Waals surface area contributed by atoms with Crippen LogP contribution in [-0.2, 0) is 11.3 Å². The largest absolute Gasteiger partial charge is 0.402 e. The van der Waals surface area contributed by atoms with Crippen LogP contribution in [0.5, 0.6) is 0 Å². The van der Waals surface area contributed by atoms with Crippen molar-refractivity contribution < 1.29 is 4.79 Å². The molecule has 0 saturated heterocycles. The quantitative estimate of drug-likeness (QED) is 0.625. The van der Waals surface area contributed by atoms with Gasteiger partial charge in [0.1, 0.15) is 5.70 Å². The predicted molar refractivity (Wildman–Crippen MR) is 89.6 cm³/mol. The van der Waals surface area contributed by atoms with Gasteiger partial charge in [-0.1, -0.05) is 0 Å². The first kappa shape index (κ1) is 17.5. The van der Waals surface area contributed by atoms with Gasteiger partial charge < -0.3 is 15.6 Å². The standard InChI is InChI=1S/C16H22N4O2/c1-6-20-8-12(15(19-5)10(2)11(3)17)7-13(16(20)22)14(9-21)18-4/h7-8,18H,6,17H2,1-5H3/b11-10+,19-15+. The van der Waals surface area contributed by atoms with Crippen molar-refractivity contribution in [3.05, 3.63) is 45.0 Å². The van der Waals surface area contributed by atoms with E-state index in [4.69, 9.17) is 5.73 Å². The van der Waals surface area contributed by atoms with E-state index in [1.807, 2.05) is 13.8 Å². The fourth-order valence-electron chi connectivity index (χ4n) is 2.12. The van der Waals surface area contributed by atoms with Gasteiger partial charge in [0, 0.05) is 38.1 Å². The van der Waals surface area contributed by atoms with Gasteiger partial charge in [0.15, 0.2) is 5.94 Å². The first-order chi connectivity index (χ1) is 10.4. The smallest absolute Gasteiger partial charge is 0.260 e. The van der Waals surface area contributed by atoms with Crippen LogP contribution < -0.4 is 16.6 Å². The summed E-state index contributed by atoms with van der Waals surface area (Å²) >= 11 is 0. The monoisotopic (exact) mass is 302 g/mol. The van der Waals surface area contributed by atoms with Crippen LogP contribution in [0.2, 0.25) is 0 Å². The maximum absolute atomic E-state index is 12.4. The predicted octanol–water partition coefficient (Wildman–Crippen LogP) is 0.932. The van der Waals surface area contributed by atoms with Crippen molar-refractivity contribution in [2.45, 2.75) is 27.3 Å². The molecule has 0 aliphatic heterocycles. The molecule has 0 saturated carbocycles. The highest BCUT2D eigenvalue weighted by atomic mass is 16.1. The summed E-state index contributed by atoms with van der Waals surface area (Å²) < 4.78 is 1.53. The Balaban J connectivity index is 3.72. The maximum Gasteiger partial charge on any atom is 0.260 e. The van der Waals surface area contributed by atoms with E-state index < -0.39 is 0 Å². The van der Waals surface area contributed by atoms with Gasteiger partial charge in [-0.2, -0.15) is 0 Å². The highest BCUT2D eigenvalue weighted by Gasteiger charge is 2.15. The number of hydrogen-bond donors (Lipinski definition) is 2. The number of pyridine rings is 1. The molecular weight excluding hydrogens is 280 g/mol. The van der Waals surface area contributed by atoms with Gasteiger partial charge in [-0.25, -0.2) is 4.79 Å². The average Bonchev–Trinajstić information content (AvgIpc) is 2.51. The van der Waals surface area contributed by atoms with Crippen molar-refractivity contribution in [3.63, 3.8) is 0 Å². The molecule has 0 amide bonds. The van der Waals surface area contributed by atoms with Crippen LogP contribution in [0.25, 0.3) is 5.70 Å². The van der Waals surface area contributed by atoms with Crippen LogP contribution in [0, 0.1) is 0 Å². The lowest BCUT2D eigenvalue weighted by Crippen LogP contribution is -2.27. The van der Waals surface area contributed by atoms with E-state index in [1.165, 1.54) is 4.57 Å². The molecule has 22 heavy (non-hydrogen) atoms. The van der Waals surface area contributed by atoms with Crippen LogP contribution in [-0.4, -0.2) is 30.3 Å². The van der Waals surface area contributed by atoms with E-state index in [0.717, 1.165) is 11.1 Å². The van der Waals surface area contributed by atoms with E-state index >= 15 is 0 Å². The zero-order valence-electron chi connectivity index (χ0n) is 13.7. The third-order valence-corrected chi connectivity index (χ3v) is 3.49. The van der Waals surface area contributed by atoms with Gasteiger partial charge in [-0.3, -0.25) is 9.79 Å². The number of allylic oxidation sites excluding steroid dienone is 2. The van der Waals surface area contributed by atoms with Crippen LogP contribution in [0.3, 0.4) is 0 Å². The number of aliphatic imine (C=N–C) groups is 1. The summed E-state index contributed by atoms with van der Waals surface area (Å²) in [5.41, 5.74) is 8.88. The lowest BCUT2D eigenvalue weighted by Gasteiger charge is -2.13. The Morgan fingerprint density at radius 1 is 1.45 bits per heavy atom. The Bertz CT molecular complexity index is 731. The molecule has 0 radical (unpaired) electrons. The summed E-state index contributed by atoms with van der Waals surface area (Å²) in [5, 5.41) is 2.70. The normalized spacial score (nSPS) is 12.5. The van der Waals surface area contributed by atoms with Gasteiger partial charge >= 0.3 is 0 Å². The second-order valence-electron chi connectivity index (χ2n) is 4.84. The summed E-state index contributed by atoms with van der Waals surface area (Å²) in [4.78, 5) is 27.7. The topological polar surface area (TPSA) is 89.5 Å². The first-order valence-corrected chi connectivity index (χ1v) is 6.99. The van der Waals surface area contributed by atoms with Crippen LogP contribution in [0.1, 0.15) is 31.9 Å². The van der Waals surface area contributed by atoms with Crippen molar-refractivity contribution in [2.24, 2.45) is 10.7 Å². The number of aromatic nitrogens is 1. The fraction of sp³-hybridized carbons (Fsp3) is 0.375. The number of nitrogens with two attached hydrogens (primary N) is 1. The lowest BCUT2D eigenvalue weighted by molar-refractivity contribution is 0.568. The Morgan fingerprint density at radius 2 is 2.09 bits per heavy atom. The van der Waals surface area contributed by atoms with Crippen molar-refractivity contribution in [1.82, 2.24) is 9.88 Å². The Morgan fingerprint density at radius 3 is 2.50 bits per heavy atom. The molecule has 0 atom stereocenters. The molecule has 6 nitrogen and oxygen atoms in total. The highest BCUT2D eigenvalue weighted by molar-refractivity contribution is 6.12. The molecule has 1 rings (SSSR count). The molecule has 0 fully saturated rings. The molecule has 0 aliphatic rings. The Hall–Kier alpha value is -2.59. The number of nitrogens with one attached hydrogen (secondary N) is 1. The van der Waals surface area contributed by atoms with Crippen molar-refractivity contribution in [1.29, 1.82) is 0 Å². The molecule has 0 aromatic carbocycles. The molecule has 3 N–H and O–H groups in total. The fourth-order valence-corrected chi connectivity index (χ4v) is 2.12. The minimum Gasteiger partial charge on any atom is -0.402 e. The van der Waals surface area contributed by atoms with Crippen LogP contribution >= 0.6 is 0 Å². The summed E-state index contributed by atoms with van der Waals surface area (Å²) in [5.74, 6) is 1.76. The molecule has 0 unspecified atom stereocenters. The first-order valence-electron chi connectivity index (χ1n) is 6.99. The highest BCUT2D eigenvalue weighted by Crippen LogP contribution is 2.14. The summed E-state index contributed by atoms with van der Waals surface area (Å²) in [7, 11) is 3.24. The van der Waals surface area contributed by atoms with E-state index in [-0.39, 0.29) is 16.8 Å². The van der Waals surface area contributed by atoms with Crippen molar-refractivity contribution >= 4 is 17.4 Å². The molecule has 0 spiro atoms. The number of carbonyl (C=O) groups excluding carboxylic acids is 1. The Labute approximate surface area is 130 Å². The number of nitrogens with zero attached hydrogens (tertiary/aromatic N) is 2. The molecule has 0 aliphatic carbocycles. The number of aryl methyl sites for hydroxylation is 1. The van der Waals surface area contributed by atoms with Gasteiger partial charge in [-0.05, 0) is 32.4 Å².